The maximum Gasteiger partial charge on any atom is 0.472 e. The zero-order valence-electron chi connectivity index (χ0n) is 35.8. The minimum Gasteiger partial charge on any atom is -0.457 e. The van der Waals surface area contributed by atoms with Gasteiger partial charge in [0.05, 0.1) is 13.2 Å². The Kier molecular flexibility index (Phi) is 34.2. The Hall–Kier alpha value is -2.58. The highest BCUT2D eigenvalue weighted by Gasteiger charge is 2.56. The van der Waals surface area contributed by atoms with E-state index in [-0.39, 0.29) is 24.4 Å². The Balaban J connectivity index is -0.000000172. The van der Waals surface area contributed by atoms with Gasteiger partial charge in [-0.2, -0.15) is 0 Å². The molecule has 0 radical (unpaired) electrons. The van der Waals surface area contributed by atoms with Gasteiger partial charge in [-0.1, -0.05) is 90.9 Å². The number of hydrogen-bond donors (Lipinski definition) is 9. The lowest BCUT2D eigenvalue weighted by atomic mass is 9.85. The summed E-state index contributed by atoms with van der Waals surface area (Å²) in [5.41, 5.74) is 0. The zero-order chi connectivity index (χ0) is 48.4. The predicted molar refractivity (Wildman–Crippen MR) is 252 cm³/mol. The van der Waals surface area contributed by atoms with E-state index in [4.69, 9.17) is 49.6 Å². The Morgan fingerprint density at radius 1 is 0.625 bits per heavy atom. The number of carbonyl (C=O) groups excluding carboxylic acids is 2. The maximum absolute atomic E-state index is 12.7. The van der Waals surface area contributed by atoms with Crippen LogP contribution < -0.4 is 0 Å². The van der Waals surface area contributed by atoms with Crippen molar-refractivity contribution in [1.29, 1.82) is 0 Å². The van der Waals surface area contributed by atoms with Crippen LogP contribution in [0.4, 0.5) is 0 Å². The molecule has 0 amide bonds. The number of terminal acetylenes is 1. The third-order valence-electron chi connectivity index (χ3n) is 8.51. The fraction of sp³-hybridized carbons (Fsp3) is 0.700. The van der Waals surface area contributed by atoms with Crippen LogP contribution in [0.2, 0.25) is 0 Å². The van der Waals surface area contributed by atoms with E-state index in [9.17, 15) is 43.5 Å². The molecule has 64 heavy (non-hydrogen) atoms. The summed E-state index contributed by atoms with van der Waals surface area (Å²) in [5.74, 6) is 18.5. The van der Waals surface area contributed by atoms with Gasteiger partial charge in [0.25, 0.3) is 0 Å². The molecule has 0 aromatic rings. The van der Waals surface area contributed by atoms with Crippen LogP contribution >= 0.6 is 35.2 Å². The molecule has 9 N–H and O–H groups in total. The van der Waals surface area contributed by atoms with Gasteiger partial charge < -0.3 is 54.4 Å². The van der Waals surface area contributed by atoms with Crippen molar-refractivity contribution in [2.75, 3.05) is 20.0 Å². The molecule has 0 aromatic heterocycles. The van der Waals surface area contributed by atoms with Crippen LogP contribution in [0.5, 0.6) is 0 Å². The molecule has 0 heterocycles. The molecular formula is C40H79O20P3S. The third-order valence-corrected chi connectivity index (χ3v) is 11.2. The molecule has 0 bridgehead atoms. The zero-order valence-corrected chi connectivity index (χ0v) is 39.3. The van der Waals surface area contributed by atoms with Gasteiger partial charge in [-0.3, -0.25) is 27.7 Å². The molecule has 8 atom stereocenters. The first-order chi connectivity index (χ1) is 30.2. The monoisotopic (exact) mass is 1000 g/mol. The summed E-state index contributed by atoms with van der Waals surface area (Å²) in [7, 11) is -16.4. The smallest absolute Gasteiger partial charge is 0.457 e. The van der Waals surface area contributed by atoms with Gasteiger partial charge in [-0.15, -0.1) is 6.42 Å². The van der Waals surface area contributed by atoms with E-state index in [1.165, 1.54) is 51.4 Å². The van der Waals surface area contributed by atoms with E-state index in [2.05, 4.69) is 68.6 Å². The first-order valence-corrected chi connectivity index (χ1v) is 25.8. The molecule has 0 spiro atoms. The van der Waals surface area contributed by atoms with Crippen molar-refractivity contribution in [3.8, 4) is 59.0 Å². The molecule has 0 aliphatic heterocycles. The van der Waals surface area contributed by atoms with Gasteiger partial charge in [0, 0.05) is 37.4 Å². The average molecular weight is 1010 g/mol. The molecule has 1 aliphatic carbocycles. The molecule has 0 saturated heterocycles. The van der Waals surface area contributed by atoms with E-state index in [0.717, 1.165) is 43.9 Å². The number of thioether (sulfide) groups is 1. The van der Waals surface area contributed by atoms with Gasteiger partial charge in [-0.05, 0) is 65.5 Å². The SMILES string of the molecule is C#CC#CC#CC#CC#CSC(=O)CCC.CCCCCCCCCCCCCCCC(=O)O[C@H](COCO)COP(=O)(O)OC1C(O)[C@H](OP(=O)(O)O)[C@H](OP(=O)(O)O)C(O)[C@@H]1O.[HH].[HH].[HH].[HH].[HH].[HH].[HH].[HH].[HH]. The highest BCUT2D eigenvalue weighted by Crippen LogP contribution is 2.51. The van der Waals surface area contributed by atoms with Crippen LogP contribution in [-0.4, -0.2) is 119 Å². The molecule has 24 heteroatoms. The van der Waals surface area contributed by atoms with E-state index in [0.29, 0.717) is 12.8 Å². The lowest BCUT2D eigenvalue weighted by molar-refractivity contribution is -0.213. The van der Waals surface area contributed by atoms with Crippen molar-refractivity contribution in [3.63, 3.8) is 0 Å². The van der Waals surface area contributed by atoms with E-state index in [1.54, 1.807) is 0 Å². The fourth-order valence-corrected chi connectivity index (χ4v) is 8.22. The predicted octanol–water partition coefficient (Wildman–Crippen LogP) is 5.76. The van der Waals surface area contributed by atoms with Gasteiger partial charge >= 0.3 is 29.4 Å². The van der Waals surface area contributed by atoms with E-state index < -0.39 is 92.2 Å². The van der Waals surface area contributed by atoms with Crippen LogP contribution in [-0.2, 0) is 50.9 Å². The summed E-state index contributed by atoms with van der Waals surface area (Å²) in [6.45, 7) is 2.00. The van der Waals surface area contributed by atoms with Crippen LogP contribution in [0.15, 0.2) is 0 Å². The third kappa shape index (κ3) is 32.2. The number of rotatable bonds is 29. The van der Waals surface area contributed by atoms with Gasteiger partial charge in [0.1, 0.15) is 49.5 Å². The lowest BCUT2D eigenvalue weighted by Crippen LogP contribution is -2.65. The number of unbranched alkanes of at least 4 members (excludes halogenated alkanes) is 12. The normalized spacial score (nSPS) is 20.6. The first kappa shape index (κ1) is 61.4. The summed E-state index contributed by atoms with van der Waals surface area (Å²) in [6, 6.07) is 0. The minimum absolute atomic E-state index is 0. The molecule has 1 aliphatic rings. The lowest BCUT2D eigenvalue weighted by Gasteiger charge is -2.44. The summed E-state index contributed by atoms with van der Waals surface area (Å²) < 4.78 is 63.4. The molecule has 1 fully saturated rings. The Morgan fingerprint density at radius 2 is 1.09 bits per heavy atom. The number of esters is 1. The second kappa shape index (κ2) is 35.6. The van der Waals surface area contributed by atoms with Crippen LogP contribution in [0, 0.1) is 59.0 Å². The fourth-order valence-electron chi connectivity index (χ4n) is 5.60. The van der Waals surface area contributed by atoms with E-state index in [1.807, 2.05) is 6.92 Å². The van der Waals surface area contributed by atoms with Gasteiger partial charge in [-0.25, -0.2) is 13.7 Å². The standard InChI is InChI=1S/C26H53O19P3.C14H8OS.9H2/c1-2-3-4-5-6-7-8-9-10-11-12-13-14-15-20(28)42-19(16-40-18-27)17-41-48(38,39)45-24-21(29)22(30)25(43-46(32,33)34)26(23(24)31)44-47(35,36)37;1-3-5-6-7-8-9-10-11-13-16-14(15)12-4-2;;;;;;;;;/h19,21-27,29-31H,2-18H2,1H3,(H,38,39)(H2,32,33,34)(H2,35,36,37);1H,4,12H2,2H3;9*1H/t19-,21+,22?,23?,24?,25-,26+;;;;;;;;;;/m1........../s1. The number of carbonyl (C=O) groups is 2. The minimum atomic E-state index is -5.56. The van der Waals surface area contributed by atoms with Crippen molar-refractivity contribution in [2.45, 2.75) is 159 Å². The Bertz CT molecular complexity index is 1860. The number of ether oxygens (including phenoxy) is 2. The number of phosphoric acid groups is 3. The molecule has 0 aromatic carbocycles. The van der Waals surface area contributed by atoms with Crippen LogP contribution in [0.1, 0.15) is 129 Å². The van der Waals surface area contributed by atoms with Crippen molar-refractivity contribution in [2.24, 2.45) is 0 Å². The maximum atomic E-state index is 12.7. The second-order valence-electron chi connectivity index (χ2n) is 13.9. The molecule has 1 saturated carbocycles. The average Bonchev–Trinajstić information content (AvgIpc) is 3.21. The quantitative estimate of drug-likeness (QED) is 0.0141. The summed E-state index contributed by atoms with van der Waals surface area (Å²) in [5, 5.41) is 42.8. The van der Waals surface area contributed by atoms with E-state index >= 15 is 0 Å². The van der Waals surface area contributed by atoms with Gasteiger partial charge in [0.2, 0.25) is 5.12 Å². The Morgan fingerprint density at radius 3 is 1.58 bits per heavy atom. The summed E-state index contributed by atoms with van der Waals surface area (Å²) >= 11 is 0.968. The topological polar surface area (TPSA) is 323 Å². The van der Waals surface area contributed by atoms with Crippen molar-refractivity contribution in [3.05, 3.63) is 0 Å². The summed E-state index contributed by atoms with van der Waals surface area (Å²) in [6.07, 6.45) is 4.56. The number of aliphatic hydroxyl groups is 4. The van der Waals surface area contributed by atoms with Crippen molar-refractivity contribution < 1.29 is 109 Å². The Labute approximate surface area is 392 Å². The largest absolute Gasteiger partial charge is 0.472 e. The highest BCUT2D eigenvalue weighted by molar-refractivity contribution is 8.17. The van der Waals surface area contributed by atoms with Crippen molar-refractivity contribution >= 4 is 46.3 Å². The van der Waals surface area contributed by atoms with Crippen molar-refractivity contribution in [1.82, 2.24) is 0 Å². The highest BCUT2D eigenvalue weighted by atomic mass is 32.2. The number of aliphatic hydroxyl groups excluding tert-OH is 4. The van der Waals surface area contributed by atoms with Gasteiger partial charge in [0.15, 0.2) is 0 Å². The first-order valence-electron chi connectivity index (χ1n) is 20.4. The molecule has 4 unspecified atom stereocenters. The number of phosphoric ester groups is 3. The molecule has 380 valence electrons. The van der Waals surface area contributed by atoms with Crippen LogP contribution in [0.3, 0.4) is 0 Å². The second-order valence-corrected chi connectivity index (χ2v) is 18.5. The summed E-state index contributed by atoms with van der Waals surface area (Å²) in [4.78, 5) is 70.1. The molecule has 1 rings (SSSR count). The molecule has 20 nitrogen and oxygen atoms in total. The number of hydrogen-bond acceptors (Lipinski definition) is 16. The van der Waals surface area contributed by atoms with Crippen LogP contribution in [0.25, 0.3) is 0 Å². The molecular weight excluding hydrogens is 925 g/mol.